The van der Waals surface area contributed by atoms with Crippen molar-refractivity contribution in [1.29, 1.82) is 0 Å². The topological polar surface area (TPSA) is 200 Å². The van der Waals surface area contributed by atoms with Gasteiger partial charge in [0.25, 0.3) is 0 Å². The van der Waals surface area contributed by atoms with Crippen molar-refractivity contribution >= 4 is 17.6 Å². The van der Waals surface area contributed by atoms with E-state index >= 15 is 0 Å². The number of aliphatic hydroxyl groups is 3. The quantitative estimate of drug-likeness (QED) is 0.0818. The van der Waals surface area contributed by atoms with E-state index < -0.39 is 25.1 Å². The van der Waals surface area contributed by atoms with Crippen LogP contribution >= 0.6 is 0 Å². The molecule has 5 fully saturated rings. The predicted octanol–water partition coefficient (Wildman–Crippen LogP) is 1.41. The molecule has 12 unspecified atom stereocenters. The highest BCUT2D eigenvalue weighted by Gasteiger charge is 2.56. The molecule has 8 N–H and O–H groups in total. The van der Waals surface area contributed by atoms with E-state index in [0.717, 1.165) is 102 Å². The lowest BCUT2D eigenvalue weighted by Gasteiger charge is -2.53. The first-order valence-corrected chi connectivity index (χ1v) is 25.2. The van der Waals surface area contributed by atoms with Crippen LogP contribution < -0.4 is 26.6 Å². The molecule has 2 aliphatic carbocycles. The predicted molar refractivity (Wildman–Crippen MR) is 248 cm³/mol. The van der Waals surface area contributed by atoms with Gasteiger partial charge in [-0.1, -0.05) is 39.8 Å². The monoisotopic (exact) mass is 909 g/mol. The van der Waals surface area contributed by atoms with Crippen LogP contribution in [0, 0.1) is 29.6 Å². The first-order valence-electron chi connectivity index (χ1n) is 25.2. The number of hydrogen-bond acceptors (Lipinski definition) is 16. The summed E-state index contributed by atoms with van der Waals surface area (Å²) in [7, 11) is 2.88. The molecule has 0 aromatic carbocycles. The summed E-state index contributed by atoms with van der Waals surface area (Å²) in [4.78, 5) is 31.0. The van der Waals surface area contributed by atoms with Gasteiger partial charge in [-0.3, -0.25) is 35.2 Å². The SMILES string of the molecule is COC(O)N[C@@H](C(C)C)C(O)N1CCC[C@H]1C1=NCC(C2CCC3C(C2)OC(C2=CCCNC2)N2C4CC=C(C5CN=C([C@@H]6CCCN6C(=O)[C@@H](NC(O)OC)C(C)C)N5)CC4CC32)N1. The standard InChI is InChI=1S/C48H80N10O7/c1-26(2)40(54-47(61)63-5)44(59)56-18-8-11-36(56)42-50-24-33(52-42)28-14-16-35-31(20-28)21-38-32-15-13-29(22-39(32)65-46(58(35)38)30-10-7-17-49-23-30)34-25-51-43(53-34)37-12-9-19-57(37)45(60)41(27(3)4)55-48(62)64-6/h10,14,26-27,29,31-41,45-49,54-55,60-62H,7-9,11-13,15-25H2,1-6H3,(H,50,52)(H,51,53)/t29?,31?,32?,33?,34?,35?,36-,37-,38?,39?,40-,41-,45?,46?,47?,48?/m0/s1. The molecule has 17 nitrogen and oxygen atoms in total. The van der Waals surface area contributed by atoms with Gasteiger partial charge < -0.3 is 50.4 Å². The lowest BCUT2D eigenvalue weighted by atomic mass is 9.72. The Kier molecular flexibility index (Phi) is 15.0. The summed E-state index contributed by atoms with van der Waals surface area (Å²) in [6, 6.07) is 0.369. The number of nitrogens with zero attached hydrogens (tertiary/aromatic N) is 5. The van der Waals surface area contributed by atoms with E-state index in [1.165, 1.54) is 31.8 Å². The summed E-state index contributed by atoms with van der Waals surface area (Å²) in [5.41, 5.74) is 2.86. The van der Waals surface area contributed by atoms with Gasteiger partial charge in [-0.2, -0.15) is 0 Å². The molecule has 9 rings (SSSR count). The molecular weight excluding hydrogens is 829 g/mol. The van der Waals surface area contributed by atoms with Gasteiger partial charge >= 0.3 is 0 Å². The van der Waals surface area contributed by atoms with Gasteiger partial charge in [0.2, 0.25) is 18.7 Å². The number of aliphatic imine (C=N–C) groups is 2. The zero-order chi connectivity index (χ0) is 45.5. The van der Waals surface area contributed by atoms with Crippen molar-refractivity contribution in [3.05, 3.63) is 23.3 Å². The summed E-state index contributed by atoms with van der Waals surface area (Å²) in [5.74, 6) is 3.49. The fourth-order valence-electron chi connectivity index (χ4n) is 13.4. The number of methoxy groups -OCH3 is 2. The third-order valence-corrected chi connectivity index (χ3v) is 16.8. The lowest BCUT2D eigenvalue weighted by molar-refractivity contribution is -0.193. The molecule has 7 heterocycles. The average Bonchev–Trinajstić information content (AvgIpc) is 4.18. The Labute approximate surface area is 386 Å². The van der Waals surface area contributed by atoms with Gasteiger partial charge in [0, 0.05) is 57.9 Å². The smallest absolute Gasteiger partial charge is 0.240 e. The maximum Gasteiger partial charge on any atom is 0.240 e. The van der Waals surface area contributed by atoms with Gasteiger partial charge in [0.15, 0.2) is 0 Å². The molecule has 0 spiro atoms. The summed E-state index contributed by atoms with van der Waals surface area (Å²) in [6.45, 7) is 12.9. The average molecular weight is 909 g/mol. The number of ether oxygens (including phenoxy) is 3. The van der Waals surface area contributed by atoms with Gasteiger partial charge in [0.05, 0.1) is 49.4 Å². The van der Waals surface area contributed by atoms with Crippen LogP contribution in [0.2, 0.25) is 0 Å². The van der Waals surface area contributed by atoms with E-state index in [2.05, 4.69) is 48.5 Å². The number of likely N-dealkylation sites (tertiary alicyclic amines) is 2. The molecule has 1 saturated carbocycles. The number of hydrogen-bond donors (Lipinski definition) is 8. The summed E-state index contributed by atoms with van der Waals surface area (Å²) >= 11 is 0. The minimum absolute atomic E-state index is 0.00615. The Morgan fingerprint density at radius 2 is 1.60 bits per heavy atom. The van der Waals surface area contributed by atoms with Crippen molar-refractivity contribution in [2.24, 2.45) is 39.6 Å². The maximum absolute atomic E-state index is 13.9. The Morgan fingerprint density at radius 3 is 2.35 bits per heavy atom. The highest BCUT2D eigenvalue weighted by Crippen LogP contribution is 2.52. The van der Waals surface area contributed by atoms with Crippen LogP contribution in [0.25, 0.3) is 0 Å². The van der Waals surface area contributed by atoms with E-state index in [9.17, 15) is 20.1 Å². The van der Waals surface area contributed by atoms with Crippen molar-refractivity contribution in [3.8, 4) is 0 Å². The molecule has 1 amide bonds. The van der Waals surface area contributed by atoms with Crippen molar-refractivity contribution in [1.82, 2.24) is 41.3 Å². The summed E-state index contributed by atoms with van der Waals surface area (Å²) in [5, 5.41) is 49.4. The zero-order valence-corrected chi connectivity index (χ0v) is 39.8. The van der Waals surface area contributed by atoms with Gasteiger partial charge in [-0.15, -0.1) is 0 Å². The number of fused-ring (bicyclic) bond motifs is 5. The number of carbonyl (C=O) groups is 1. The fourth-order valence-corrected chi connectivity index (χ4v) is 13.4. The molecule has 0 aromatic rings. The van der Waals surface area contributed by atoms with Gasteiger partial charge in [0.1, 0.15) is 24.1 Å². The minimum Gasteiger partial charge on any atom is -0.377 e. The van der Waals surface area contributed by atoms with Crippen molar-refractivity contribution in [2.45, 2.75) is 178 Å². The van der Waals surface area contributed by atoms with Crippen LogP contribution in [0.15, 0.2) is 33.3 Å². The van der Waals surface area contributed by atoms with E-state index in [-0.39, 0.29) is 60.3 Å². The molecule has 7 aliphatic heterocycles. The van der Waals surface area contributed by atoms with E-state index in [1.54, 1.807) is 0 Å². The molecule has 65 heavy (non-hydrogen) atoms. The number of nitrogens with one attached hydrogen (secondary N) is 5. The number of aliphatic hydroxyl groups excluding tert-OH is 3. The number of amidine groups is 2. The van der Waals surface area contributed by atoms with E-state index in [1.807, 2.05) is 32.6 Å². The summed E-state index contributed by atoms with van der Waals surface area (Å²) < 4.78 is 17.5. The second-order valence-electron chi connectivity index (χ2n) is 21.2. The Morgan fingerprint density at radius 1 is 0.846 bits per heavy atom. The third-order valence-electron chi connectivity index (χ3n) is 16.8. The molecular formula is C48H80N10O7. The molecule has 364 valence electrons. The van der Waals surface area contributed by atoms with Crippen LogP contribution in [0.1, 0.15) is 98.3 Å². The van der Waals surface area contributed by atoms with Crippen molar-refractivity contribution in [3.63, 3.8) is 0 Å². The summed E-state index contributed by atoms with van der Waals surface area (Å²) in [6.07, 6.45) is 13.4. The molecule has 17 heteroatoms. The number of carbonyl (C=O) groups excluding carboxylic acids is 1. The minimum atomic E-state index is -1.20. The normalized spacial score (nSPS) is 37.6. The highest BCUT2D eigenvalue weighted by atomic mass is 16.6. The van der Waals surface area contributed by atoms with Crippen LogP contribution in [-0.2, 0) is 19.0 Å². The van der Waals surface area contributed by atoms with Crippen molar-refractivity contribution in [2.75, 3.05) is 53.5 Å². The Hall–Kier alpha value is -2.55. The third kappa shape index (κ3) is 9.72. The second-order valence-corrected chi connectivity index (χ2v) is 21.2. The number of rotatable bonds is 16. The van der Waals surface area contributed by atoms with Crippen LogP contribution in [0.5, 0.6) is 0 Å². The maximum atomic E-state index is 13.9. The molecule has 4 saturated heterocycles. The lowest BCUT2D eigenvalue weighted by Crippen LogP contribution is -2.61. The molecule has 0 aromatic heterocycles. The zero-order valence-electron chi connectivity index (χ0n) is 39.8. The van der Waals surface area contributed by atoms with Gasteiger partial charge in [-0.05, 0) is 112 Å². The van der Waals surface area contributed by atoms with Crippen molar-refractivity contribution < 1.29 is 34.3 Å². The second kappa shape index (κ2) is 20.6. The van der Waals surface area contributed by atoms with Crippen LogP contribution in [0.4, 0.5) is 0 Å². The molecule has 0 radical (unpaired) electrons. The van der Waals surface area contributed by atoms with E-state index in [4.69, 9.17) is 24.2 Å². The first kappa shape index (κ1) is 47.5. The van der Waals surface area contributed by atoms with E-state index in [0.29, 0.717) is 42.9 Å². The first-order chi connectivity index (χ1) is 31.4. The molecule has 9 aliphatic rings. The Bertz CT molecular complexity index is 1800. The largest absolute Gasteiger partial charge is 0.377 e. The van der Waals surface area contributed by atoms with Crippen LogP contribution in [-0.4, -0.2) is 181 Å². The number of amides is 1. The van der Waals surface area contributed by atoms with Crippen LogP contribution in [0.3, 0.4) is 0 Å². The highest BCUT2D eigenvalue weighted by molar-refractivity contribution is 5.95. The fraction of sp³-hybridized carbons (Fsp3) is 0.854. The molecule has 16 atom stereocenters. The Balaban J connectivity index is 0.835. The van der Waals surface area contributed by atoms with Gasteiger partial charge in [-0.25, -0.2) is 0 Å². The molecule has 0 bridgehead atoms.